The van der Waals surface area contributed by atoms with E-state index in [1.807, 2.05) is 31.2 Å². The number of nitrogens with one attached hydrogen (secondary N) is 1. The number of amides is 2. The smallest absolute Gasteiger partial charge is 0.270 e. The second-order valence-electron chi connectivity index (χ2n) is 7.19. The van der Waals surface area contributed by atoms with Gasteiger partial charge < -0.3 is 10.1 Å². The normalized spacial score (nSPS) is 14.6. The highest BCUT2D eigenvalue weighted by Gasteiger charge is 2.34. The van der Waals surface area contributed by atoms with Gasteiger partial charge in [-0.2, -0.15) is 0 Å². The second-order valence-corrected chi connectivity index (χ2v) is 8.87. The Kier molecular flexibility index (Phi) is 6.86. The molecule has 166 valence electrons. The van der Waals surface area contributed by atoms with Crippen LogP contribution in [0.15, 0.2) is 77.7 Å². The molecular weight excluding hydrogens is 459 g/mol. The van der Waals surface area contributed by atoms with Gasteiger partial charge in [0.2, 0.25) is 0 Å². The molecule has 4 rings (SSSR count). The van der Waals surface area contributed by atoms with E-state index in [2.05, 4.69) is 5.32 Å². The van der Waals surface area contributed by atoms with Crippen molar-refractivity contribution in [3.63, 3.8) is 0 Å². The summed E-state index contributed by atoms with van der Waals surface area (Å²) < 4.78 is 20.0. The molecule has 0 saturated carbocycles. The van der Waals surface area contributed by atoms with Crippen molar-refractivity contribution < 1.29 is 18.7 Å². The van der Waals surface area contributed by atoms with Gasteiger partial charge in [-0.15, -0.1) is 0 Å². The third-order valence-corrected chi connectivity index (χ3v) is 6.16. The highest BCUT2D eigenvalue weighted by molar-refractivity contribution is 8.27. The highest BCUT2D eigenvalue weighted by atomic mass is 32.2. The fourth-order valence-electron chi connectivity index (χ4n) is 3.17. The minimum Gasteiger partial charge on any atom is -0.484 e. The topological polar surface area (TPSA) is 58.6 Å². The summed E-state index contributed by atoms with van der Waals surface area (Å²) in [4.78, 5) is 26.5. The van der Waals surface area contributed by atoms with Crippen LogP contribution in [-0.4, -0.2) is 22.7 Å². The fourth-order valence-corrected chi connectivity index (χ4v) is 4.45. The predicted octanol–water partition coefficient (Wildman–Crippen LogP) is 5.56. The summed E-state index contributed by atoms with van der Waals surface area (Å²) >= 11 is 6.41. The lowest BCUT2D eigenvalue weighted by Gasteiger charge is -2.14. The van der Waals surface area contributed by atoms with Crippen molar-refractivity contribution in [1.29, 1.82) is 0 Å². The van der Waals surface area contributed by atoms with Crippen LogP contribution in [0.4, 0.5) is 15.8 Å². The maximum atomic E-state index is 14.1. The van der Waals surface area contributed by atoms with Crippen LogP contribution >= 0.6 is 24.0 Å². The number of carbonyl (C=O) groups is 2. The largest absolute Gasteiger partial charge is 0.484 e. The number of hydrogen-bond donors (Lipinski definition) is 1. The van der Waals surface area contributed by atoms with Crippen molar-refractivity contribution in [3.05, 3.63) is 94.6 Å². The van der Waals surface area contributed by atoms with E-state index in [1.165, 1.54) is 17.0 Å². The molecule has 1 aliphatic heterocycles. The van der Waals surface area contributed by atoms with E-state index in [0.717, 1.165) is 28.6 Å². The van der Waals surface area contributed by atoms with E-state index in [4.69, 9.17) is 17.0 Å². The van der Waals surface area contributed by atoms with Crippen molar-refractivity contribution in [1.82, 2.24) is 0 Å². The van der Waals surface area contributed by atoms with E-state index in [1.54, 1.807) is 42.5 Å². The van der Waals surface area contributed by atoms with Gasteiger partial charge in [-0.1, -0.05) is 66.4 Å². The maximum Gasteiger partial charge on any atom is 0.270 e. The van der Waals surface area contributed by atoms with E-state index >= 15 is 0 Å². The minimum atomic E-state index is -0.511. The lowest BCUT2D eigenvalue weighted by atomic mass is 10.2. The molecule has 1 saturated heterocycles. The van der Waals surface area contributed by atoms with Crippen molar-refractivity contribution in [2.24, 2.45) is 0 Å². The zero-order chi connectivity index (χ0) is 23.4. The molecule has 0 bridgehead atoms. The molecule has 5 nitrogen and oxygen atoms in total. The zero-order valence-electron chi connectivity index (χ0n) is 17.6. The first-order valence-electron chi connectivity index (χ1n) is 10.0. The van der Waals surface area contributed by atoms with Gasteiger partial charge in [0.25, 0.3) is 11.8 Å². The Labute approximate surface area is 200 Å². The quantitative estimate of drug-likeness (QED) is 0.371. The molecule has 0 unspecified atom stereocenters. The molecular formula is C25H19FN2O3S2. The summed E-state index contributed by atoms with van der Waals surface area (Å²) in [5.74, 6) is -0.623. The number of rotatable bonds is 6. The summed E-state index contributed by atoms with van der Waals surface area (Å²) in [7, 11) is 0. The number of anilines is 2. The van der Waals surface area contributed by atoms with Crippen molar-refractivity contribution in [3.8, 4) is 5.75 Å². The Morgan fingerprint density at radius 1 is 1.09 bits per heavy atom. The average molecular weight is 479 g/mol. The second kappa shape index (κ2) is 9.97. The van der Waals surface area contributed by atoms with Crippen LogP contribution in [0, 0.1) is 12.7 Å². The molecule has 0 aromatic heterocycles. The van der Waals surface area contributed by atoms with Gasteiger partial charge in [-0.05, 0) is 54.5 Å². The molecule has 1 heterocycles. The Morgan fingerprint density at radius 2 is 1.79 bits per heavy atom. The number of thioether (sulfide) groups is 1. The standard InChI is InChI=1S/C25H19FN2O3S2/c1-16-6-2-4-8-20(16)27-23(29)15-31-18-12-10-17(11-13-18)14-22-24(30)28(25(32)33-22)21-9-5-3-7-19(21)26/h2-14H,15H2,1H3,(H,27,29)/b22-14+. The molecule has 8 heteroatoms. The van der Waals surface area contributed by atoms with Gasteiger partial charge in [0.15, 0.2) is 10.9 Å². The van der Waals surface area contributed by atoms with Crippen LogP contribution in [0.25, 0.3) is 6.08 Å². The van der Waals surface area contributed by atoms with Gasteiger partial charge in [0.05, 0.1) is 10.6 Å². The molecule has 33 heavy (non-hydrogen) atoms. The Hall–Kier alpha value is -3.49. The third kappa shape index (κ3) is 5.30. The summed E-state index contributed by atoms with van der Waals surface area (Å²) in [6.45, 7) is 1.79. The molecule has 0 atom stereocenters. The number of hydrogen-bond acceptors (Lipinski definition) is 5. The molecule has 1 N–H and O–H groups in total. The molecule has 2 amide bonds. The first kappa shape index (κ1) is 22.7. The highest BCUT2D eigenvalue weighted by Crippen LogP contribution is 2.37. The number of para-hydroxylation sites is 2. The number of benzene rings is 3. The van der Waals surface area contributed by atoms with Gasteiger partial charge in [0.1, 0.15) is 11.6 Å². The predicted molar refractivity (Wildman–Crippen MR) is 134 cm³/mol. The Bertz CT molecular complexity index is 1260. The van der Waals surface area contributed by atoms with Crippen LogP contribution in [-0.2, 0) is 9.59 Å². The molecule has 0 spiro atoms. The minimum absolute atomic E-state index is 0.130. The average Bonchev–Trinajstić information content (AvgIpc) is 3.08. The summed E-state index contributed by atoms with van der Waals surface area (Å²) in [6, 6.07) is 20.5. The van der Waals surface area contributed by atoms with Crippen LogP contribution in [0.5, 0.6) is 5.75 Å². The lowest BCUT2D eigenvalue weighted by Crippen LogP contribution is -2.28. The third-order valence-electron chi connectivity index (χ3n) is 4.85. The van der Waals surface area contributed by atoms with Gasteiger partial charge in [-0.25, -0.2) is 4.39 Å². The van der Waals surface area contributed by atoms with Crippen molar-refractivity contribution in [2.45, 2.75) is 6.92 Å². The van der Waals surface area contributed by atoms with Crippen LogP contribution in [0.2, 0.25) is 0 Å². The monoisotopic (exact) mass is 478 g/mol. The molecule has 1 aliphatic rings. The molecule has 0 radical (unpaired) electrons. The molecule has 1 fully saturated rings. The number of halogens is 1. The maximum absolute atomic E-state index is 14.1. The summed E-state index contributed by atoms with van der Waals surface area (Å²) in [6.07, 6.45) is 1.69. The van der Waals surface area contributed by atoms with Crippen LogP contribution in [0.3, 0.4) is 0 Å². The van der Waals surface area contributed by atoms with E-state index in [9.17, 15) is 14.0 Å². The SMILES string of the molecule is Cc1ccccc1NC(=O)COc1ccc(/C=C2/SC(=S)N(c3ccccc3F)C2=O)cc1. The zero-order valence-corrected chi connectivity index (χ0v) is 19.2. The number of carbonyl (C=O) groups excluding carboxylic acids is 2. The van der Waals surface area contributed by atoms with Crippen molar-refractivity contribution >= 4 is 57.6 Å². The van der Waals surface area contributed by atoms with Gasteiger partial charge in [0, 0.05) is 5.69 Å². The van der Waals surface area contributed by atoms with Crippen LogP contribution < -0.4 is 15.0 Å². The lowest BCUT2D eigenvalue weighted by molar-refractivity contribution is -0.118. The molecule has 3 aromatic carbocycles. The van der Waals surface area contributed by atoms with E-state index in [0.29, 0.717) is 10.7 Å². The van der Waals surface area contributed by atoms with Gasteiger partial charge >= 0.3 is 0 Å². The first-order valence-corrected chi connectivity index (χ1v) is 11.3. The number of aryl methyl sites for hydroxylation is 1. The number of ether oxygens (including phenoxy) is 1. The number of thiocarbonyl (C=S) groups is 1. The Morgan fingerprint density at radius 3 is 2.52 bits per heavy atom. The van der Waals surface area contributed by atoms with E-state index in [-0.39, 0.29) is 28.4 Å². The van der Waals surface area contributed by atoms with Gasteiger partial charge in [-0.3, -0.25) is 14.5 Å². The molecule has 0 aliphatic carbocycles. The number of nitrogens with zero attached hydrogens (tertiary/aromatic N) is 1. The summed E-state index contributed by atoms with van der Waals surface area (Å²) in [5.41, 5.74) is 2.60. The molecule has 3 aromatic rings. The van der Waals surface area contributed by atoms with Crippen molar-refractivity contribution in [2.75, 3.05) is 16.8 Å². The first-order chi connectivity index (χ1) is 15.9. The fraction of sp³-hybridized carbons (Fsp3) is 0.0800. The van der Waals surface area contributed by atoms with Crippen LogP contribution in [0.1, 0.15) is 11.1 Å². The Balaban J connectivity index is 1.39. The summed E-state index contributed by atoms with van der Waals surface area (Å²) in [5, 5.41) is 2.81. The van der Waals surface area contributed by atoms with E-state index < -0.39 is 5.82 Å².